The smallest absolute Gasteiger partial charge is 0.378 e. The Morgan fingerprint density at radius 2 is 2.20 bits per heavy atom. The minimum atomic E-state index is -4.12. The van der Waals surface area contributed by atoms with Crippen molar-refractivity contribution in [2.75, 3.05) is 13.2 Å². The van der Waals surface area contributed by atoms with Crippen molar-refractivity contribution < 1.29 is 17.9 Å². The maximum absolute atomic E-state index is 12.0. The molecule has 1 rings (SSSR count). The van der Waals surface area contributed by atoms with Gasteiger partial charge in [0, 0.05) is 19.4 Å². The molecule has 3 nitrogen and oxygen atoms in total. The first-order valence-electron chi connectivity index (χ1n) is 7.25. The number of nitrogens with one attached hydrogen (secondary N) is 1. The number of hydrogen-bond acceptors (Lipinski definition) is 3. The molecule has 1 N–H and O–H groups in total. The number of hydrogen-bond donors (Lipinski definition) is 1. The Morgan fingerprint density at radius 3 is 2.80 bits per heavy atom. The quantitative estimate of drug-likeness (QED) is 0.730. The molecule has 1 aliphatic rings. The zero-order valence-corrected chi connectivity index (χ0v) is 11.9. The summed E-state index contributed by atoms with van der Waals surface area (Å²) in [5, 5.41) is 12.6. The fourth-order valence-corrected chi connectivity index (χ4v) is 2.56. The predicted octanol–water partition coefficient (Wildman–Crippen LogP) is 3.55. The van der Waals surface area contributed by atoms with E-state index in [4.69, 9.17) is 4.74 Å². The van der Waals surface area contributed by atoms with Crippen LogP contribution in [0.5, 0.6) is 0 Å². The lowest BCUT2D eigenvalue weighted by Crippen LogP contribution is -2.49. The van der Waals surface area contributed by atoms with Crippen LogP contribution in [0.4, 0.5) is 13.2 Å². The second-order valence-electron chi connectivity index (χ2n) is 5.43. The Morgan fingerprint density at radius 1 is 1.45 bits per heavy atom. The van der Waals surface area contributed by atoms with Crippen molar-refractivity contribution in [3.05, 3.63) is 0 Å². The molecule has 1 aliphatic carbocycles. The summed E-state index contributed by atoms with van der Waals surface area (Å²) in [5.74, 6) is 0. The number of nitrogens with zero attached hydrogens (tertiary/aromatic N) is 1. The van der Waals surface area contributed by atoms with E-state index in [9.17, 15) is 18.4 Å². The predicted molar refractivity (Wildman–Crippen MR) is 70.1 cm³/mol. The molecule has 0 saturated heterocycles. The number of halogens is 3. The van der Waals surface area contributed by atoms with E-state index in [1.54, 1.807) is 0 Å². The molecule has 0 aromatic rings. The van der Waals surface area contributed by atoms with E-state index >= 15 is 0 Å². The second kappa shape index (κ2) is 7.84. The summed E-state index contributed by atoms with van der Waals surface area (Å²) in [7, 11) is 0. The van der Waals surface area contributed by atoms with Crippen molar-refractivity contribution in [2.45, 2.75) is 69.7 Å². The fraction of sp³-hybridized carbons (Fsp3) is 0.929. The van der Waals surface area contributed by atoms with Gasteiger partial charge in [-0.2, -0.15) is 18.4 Å². The number of alkyl halides is 3. The molecule has 2 unspecified atom stereocenters. The van der Waals surface area contributed by atoms with Crippen LogP contribution in [0.15, 0.2) is 0 Å². The topological polar surface area (TPSA) is 45.0 Å². The van der Waals surface area contributed by atoms with Crippen LogP contribution in [0.2, 0.25) is 0 Å². The Bertz CT molecular complexity index is 327. The van der Waals surface area contributed by atoms with E-state index in [0.717, 1.165) is 32.2 Å². The van der Waals surface area contributed by atoms with Gasteiger partial charge in [0.15, 0.2) is 0 Å². The molecule has 0 aliphatic heterocycles. The molecule has 0 amide bonds. The Labute approximate surface area is 118 Å². The summed E-state index contributed by atoms with van der Waals surface area (Å²) in [6, 6.07) is 2.33. The molecule has 0 aromatic heterocycles. The average molecular weight is 292 g/mol. The highest BCUT2D eigenvalue weighted by atomic mass is 19.4. The van der Waals surface area contributed by atoms with Gasteiger partial charge >= 0.3 is 6.18 Å². The van der Waals surface area contributed by atoms with Crippen molar-refractivity contribution in [1.29, 1.82) is 5.26 Å². The molecule has 0 spiro atoms. The molecule has 0 bridgehead atoms. The SMILES string of the molecule is CCCNC1(C#N)CCCC(OCCCC(F)(F)F)C1. The minimum absolute atomic E-state index is 0.0120. The lowest BCUT2D eigenvalue weighted by atomic mass is 9.81. The number of rotatable bonds is 7. The van der Waals surface area contributed by atoms with Crippen LogP contribution >= 0.6 is 0 Å². The highest BCUT2D eigenvalue weighted by Crippen LogP contribution is 2.30. The first kappa shape index (κ1) is 17.3. The summed E-state index contributed by atoms with van der Waals surface area (Å²) in [4.78, 5) is 0. The molecule has 116 valence electrons. The van der Waals surface area contributed by atoms with Gasteiger partial charge in [-0.05, 0) is 38.6 Å². The van der Waals surface area contributed by atoms with E-state index in [0.29, 0.717) is 6.42 Å². The average Bonchev–Trinajstić information content (AvgIpc) is 2.41. The molecule has 20 heavy (non-hydrogen) atoms. The van der Waals surface area contributed by atoms with Gasteiger partial charge in [-0.1, -0.05) is 6.92 Å². The maximum atomic E-state index is 12.0. The molecular formula is C14H23F3N2O. The van der Waals surface area contributed by atoms with Crippen molar-refractivity contribution in [1.82, 2.24) is 5.32 Å². The van der Waals surface area contributed by atoms with Gasteiger partial charge in [-0.3, -0.25) is 5.32 Å². The van der Waals surface area contributed by atoms with Gasteiger partial charge < -0.3 is 4.74 Å². The summed E-state index contributed by atoms with van der Waals surface area (Å²) >= 11 is 0. The van der Waals surface area contributed by atoms with Gasteiger partial charge in [0.05, 0.1) is 12.2 Å². The zero-order valence-electron chi connectivity index (χ0n) is 11.9. The maximum Gasteiger partial charge on any atom is 0.389 e. The normalized spacial score (nSPS) is 27.2. The van der Waals surface area contributed by atoms with Crippen LogP contribution in [0, 0.1) is 11.3 Å². The minimum Gasteiger partial charge on any atom is -0.378 e. The van der Waals surface area contributed by atoms with Crippen LogP contribution in [0.25, 0.3) is 0 Å². The third-order valence-corrected chi connectivity index (χ3v) is 3.59. The van der Waals surface area contributed by atoms with Crippen molar-refractivity contribution in [2.24, 2.45) is 0 Å². The lowest BCUT2D eigenvalue weighted by Gasteiger charge is -2.36. The summed E-state index contributed by atoms with van der Waals surface area (Å²) in [6.45, 7) is 2.92. The highest BCUT2D eigenvalue weighted by molar-refractivity contribution is 5.10. The van der Waals surface area contributed by atoms with Crippen molar-refractivity contribution in [3.8, 4) is 6.07 Å². The zero-order chi connectivity index (χ0) is 15.1. The number of nitriles is 1. The van der Waals surface area contributed by atoms with Crippen molar-refractivity contribution in [3.63, 3.8) is 0 Å². The fourth-order valence-electron chi connectivity index (χ4n) is 2.56. The second-order valence-corrected chi connectivity index (χ2v) is 5.43. The molecule has 1 saturated carbocycles. The van der Waals surface area contributed by atoms with Crippen LogP contribution in [-0.4, -0.2) is 31.0 Å². The van der Waals surface area contributed by atoms with E-state index in [1.807, 2.05) is 6.92 Å². The number of ether oxygens (including phenoxy) is 1. The molecule has 6 heteroatoms. The molecular weight excluding hydrogens is 269 g/mol. The summed E-state index contributed by atoms with van der Waals surface area (Å²) in [6.07, 6.45) is -1.06. The highest BCUT2D eigenvalue weighted by Gasteiger charge is 2.36. The van der Waals surface area contributed by atoms with E-state index in [-0.39, 0.29) is 19.1 Å². The van der Waals surface area contributed by atoms with E-state index < -0.39 is 18.1 Å². The van der Waals surface area contributed by atoms with Gasteiger partial charge in [-0.15, -0.1) is 0 Å². The summed E-state index contributed by atoms with van der Waals surface area (Å²) in [5.41, 5.74) is -0.567. The van der Waals surface area contributed by atoms with Crippen LogP contribution < -0.4 is 5.32 Å². The molecule has 2 atom stereocenters. The molecule has 0 aromatic carbocycles. The first-order valence-corrected chi connectivity index (χ1v) is 7.25. The van der Waals surface area contributed by atoms with Gasteiger partial charge in [0.1, 0.15) is 5.54 Å². The van der Waals surface area contributed by atoms with Crippen LogP contribution in [0.1, 0.15) is 51.9 Å². The van der Waals surface area contributed by atoms with Gasteiger partial charge in [0.25, 0.3) is 0 Å². The summed E-state index contributed by atoms with van der Waals surface area (Å²) < 4.78 is 41.6. The monoisotopic (exact) mass is 292 g/mol. The largest absolute Gasteiger partial charge is 0.389 e. The third kappa shape index (κ3) is 6.10. The molecule has 0 radical (unpaired) electrons. The van der Waals surface area contributed by atoms with Gasteiger partial charge in [-0.25, -0.2) is 0 Å². The van der Waals surface area contributed by atoms with Crippen LogP contribution in [0.3, 0.4) is 0 Å². The third-order valence-electron chi connectivity index (χ3n) is 3.59. The molecule has 1 fully saturated rings. The Balaban J connectivity index is 2.35. The van der Waals surface area contributed by atoms with E-state index in [2.05, 4.69) is 11.4 Å². The van der Waals surface area contributed by atoms with Crippen LogP contribution in [-0.2, 0) is 4.74 Å². The Hall–Kier alpha value is -0.800. The molecule has 0 heterocycles. The lowest BCUT2D eigenvalue weighted by molar-refractivity contribution is -0.139. The van der Waals surface area contributed by atoms with Gasteiger partial charge in [0.2, 0.25) is 0 Å². The Kier molecular flexibility index (Phi) is 6.77. The van der Waals surface area contributed by atoms with Crippen molar-refractivity contribution >= 4 is 0 Å². The standard InChI is InChI=1S/C14H23F3N2O/c1-2-8-19-13(11-18)6-3-5-12(10-13)20-9-4-7-14(15,16)17/h12,19H,2-10H2,1H3. The van der Waals surface area contributed by atoms with E-state index in [1.165, 1.54) is 0 Å². The first-order chi connectivity index (χ1) is 9.41.